The second-order valence-corrected chi connectivity index (χ2v) is 5.88. The Balaban J connectivity index is 1.62. The van der Waals surface area contributed by atoms with E-state index in [0.29, 0.717) is 23.1 Å². The molecule has 116 valence electrons. The molecule has 0 saturated heterocycles. The average Bonchev–Trinajstić information content (AvgIpc) is 2.98. The third kappa shape index (κ3) is 2.67. The first-order chi connectivity index (χ1) is 11.2. The summed E-state index contributed by atoms with van der Waals surface area (Å²) in [5, 5.41) is 14.7. The number of fused-ring (bicyclic) bond motifs is 2. The first-order valence-corrected chi connectivity index (χ1v) is 7.73. The maximum atomic E-state index is 12.5. The van der Waals surface area contributed by atoms with E-state index in [1.165, 1.54) is 0 Å². The van der Waals surface area contributed by atoms with Gasteiger partial charge < -0.3 is 10.6 Å². The molecule has 1 amide bonds. The van der Waals surface area contributed by atoms with Crippen LogP contribution in [-0.2, 0) is 13.0 Å². The molecule has 0 fully saturated rings. The number of carbonyl (C=O) groups is 1. The summed E-state index contributed by atoms with van der Waals surface area (Å²) in [5.41, 5.74) is 3.10. The number of rotatable bonds is 2. The van der Waals surface area contributed by atoms with Crippen molar-refractivity contribution >= 4 is 34.2 Å². The molecule has 0 spiro atoms. The summed E-state index contributed by atoms with van der Waals surface area (Å²) in [5.74, 6) is 0.213. The largest absolute Gasteiger partial charge is 0.312 e. The predicted molar refractivity (Wildman–Crippen MR) is 88.7 cm³/mol. The predicted octanol–water partition coefficient (Wildman–Crippen LogP) is 2.51. The molecule has 0 bridgehead atoms. The number of H-pyrrole nitrogens is 1. The van der Waals surface area contributed by atoms with Crippen molar-refractivity contribution in [3.05, 3.63) is 52.3 Å². The van der Waals surface area contributed by atoms with E-state index >= 15 is 0 Å². The first-order valence-electron chi connectivity index (χ1n) is 7.35. The molecule has 23 heavy (non-hydrogen) atoms. The zero-order valence-corrected chi connectivity index (χ0v) is 12.9. The number of halogens is 1. The Bertz CT molecular complexity index is 905. The molecule has 1 aliphatic rings. The van der Waals surface area contributed by atoms with Gasteiger partial charge in [-0.25, -0.2) is 4.98 Å². The van der Waals surface area contributed by atoms with Crippen LogP contribution in [0.1, 0.15) is 21.7 Å². The van der Waals surface area contributed by atoms with Crippen molar-refractivity contribution in [3.8, 4) is 0 Å². The molecule has 0 atom stereocenters. The summed E-state index contributed by atoms with van der Waals surface area (Å²) < 4.78 is 0. The lowest BCUT2D eigenvalue weighted by Gasteiger charge is -2.12. The van der Waals surface area contributed by atoms with Gasteiger partial charge in [-0.15, -0.1) is 0 Å². The van der Waals surface area contributed by atoms with Crippen LogP contribution in [0.4, 0.5) is 5.82 Å². The minimum Gasteiger partial charge on any atom is -0.312 e. The van der Waals surface area contributed by atoms with Crippen LogP contribution in [-0.4, -0.2) is 27.6 Å². The first kappa shape index (κ1) is 14.2. The molecule has 2 aromatic heterocycles. The Morgan fingerprint density at radius 2 is 2.13 bits per heavy atom. The highest BCUT2D eigenvalue weighted by molar-refractivity contribution is 6.31. The van der Waals surface area contributed by atoms with E-state index in [4.69, 9.17) is 11.6 Å². The van der Waals surface area contributed by atoms with Crippen molar-refractivity contribution in [2.75, 3.05) is 11.9 Å². The number of nitrogens with one attached hydrogen (secondary N) is 3. The molecule has 4 rings (SSSR count). The number of carbonyl (C=O) groups excluding carboxylic acids is 1. The summed E-state index contributed by atoms with van der Waals surface area (Å²) in [6.07, 6.45) is 0.850. The number of pyridine rings is 1. The number of hydrogen-bond acceptors (Lipinski definition) is 4. The van der Waals surface area contributed by atoms with Crippen LogP contribution >= 0.6 is 11.6 Å². The van der Waals surface area contributed by atoms with Crippen molar-refractivity contribution in [2.24, 2.45) is 0 Å². The Hall–Kier alpha value is -2.44. The Morgan fingerprint density at radius 3 is 3.04 bits per heavy atom. The molecule has 0 radical (unpaired) electrons. The van der Waals surface area contributed by atoms with Gasteiger partial charge in [0.1, 0.15) is 5.82 Å². The fourth-order valence-electron chi connectivity index (χ4n) is 2.75. The smallest absolute Gasteiger partial charge is 0.277 e. The third-order valence-electron chi connectivity index (χ3n) is 3.92. The summed E-state index contributed by atoms with van der Waals surface area (Å²) in [6, 6.07) is 9.15. The second-order valence-electron chi connectivity index (χ2n) is 5.44. The van der Waals surface area contributed by atoms with Crippen molar-refractivity contribution in [1.29, 1.82) is 0 Å². The maximum Gasteiger partial charge on any atom is 0.277 e. The van der Waals surface area contributed by atoms with Crippen LogP contribution in [0, 0.1) is 0 Å². The van der Waals surface area contributed by atoms with Gasteiger partial charge >= 0.3 is 0 Å². The molecule has 1 aromatic carbocycles. The molecule has 6 nitrogen and oxygen atoms in total. The fraction of sp³-hybridized carbons (Fsp3) is 0.188. The standard InChI is InChI=1S/C16H14ClN5O/c17-10-3-1-9-2-4-14(19-13(9)7-10)20-16(23)15-11-8-18-6-5-12(11)21-22-15/h1-4,7,18H,5-6,8H2,(H,21,22)(H,19,20,23). The van der Waals surface area contributed by atoms with Crippen LogP contribution in [0.25, 0.3) is 10.9 Å². The van der Waals surface area contributed by atoms with Crippen LogP contribution < -0.4 is 10.6 Å². The molecular weight excluding hydrogens is 314 g/mol. The molecule has 0 unspecified atom stereocenters. The monoisotopic (exact) mass is 327 g/mol. The summed E-state index contributed by atoms with van der Waals surface area (Å²) in [4.78, 5) is 16.9. The minimum absolute atomic E-state index is 0.264. The van der Waals surface area contributed by atoms with Crippen LogP contribution in [0.15, 0.2) is 30.3 Å². The topological polar surface area (TPSA) is 82.7 Å². The third-order valence-corrected chi connectivity index (χ3v) is 4.15. The van der Waals surface area contributed by atoms with Gasteiger partial charge in [0.2, 0.25) is 0 Å². The van der Waals surface area contributed by atoms with Gasteiger partial charge in [-0.1, -0.05) is 17.7 Å². The number of anilines is 1. The van der Waals surface area contributed by atoms with E-state index in [1.807, 2.05) is 18.2 Å². The van der Waals surface area contributed by atoms with Crippen molar-refractivity contribution in [2.45, 2.75) is 13.0 Å². The number of aromatic amines is 1. The van der Waals surface area contributed by atoms with Gasteiger partial charge in [0.25, 0.3) is 5.91 Å². The second kappa shape index (κ2) is 5.64. The van der Waals surface area contributed by atoms with Gasteiger partial charge in [-0.2, -0.15) is 5.10 Å². The van der Waals surface area contributed by atoms with E-state index in [0.717, 1.165) is 35.1 Å². The molecule has 3 N–H and O–H groups in total. The van der Waals surface area contributed by atoms with Crippen LogP contribution in [0.5, 0.6) is 0 Å². The van der Waals surface area contributed by atoms with E-state index in [2.05, 4.69) is 25.8 Å². The van der Waals surface area contributed by atoms with E-state index < -0.39 is 0 Å². The van der Waals surface area contributed by atoms with Gasteiger partial charge in [0.15, 0.2) is 5.69 Å². The summed E-state index contributed by atoms with van der Waals surface area (Å²) in [7, 11) is 0. The number of benzene rings is 1. The Labute approximate surface area is 137 Å². The van der Waals surface area contributed by atoms with E-state index in [1.54, 1.807) is 12.1 Å². The zero-order valence-electron chi connectivity index (χ0n) is 12.2. The molecule has 0 saturated carbocycles. The van der Waals surface area contributed by atoms with Crippen LogP contribution in [0.2, 0.25) is 5.02 Å². The molecule has 0 aliphatic carbocycles. The molecule has 3 heterocycles. The minimum atomic E-state index is -0.264. The molecule has 1 aliphatic heterocycles. The quantitative estimate of drug-likeness (QED) is 0.675. The van der Waals surface area contributed by atoms with Gasteiger partial charge in [-0.3, -0.25) is 9.89 Å². The normalized spacial score (nSPS) is 13.8. The van der Waals surface area contributed by atoms with Crippen LogP contribution in [0.3, 0.4) is 0 Å². The number of aromatic nitrogens is 3. The average molecular weight is 328 g/mol. The van der Waals surface area contributed by atoms with Crippen molar-refractivity contribution < 1.29 is 4.79 Å². The van der Waals surface area contributed by atoms with E-state index in [9.17, 15) is 4.79 Å². The lowest BCUT2D eigenvalue weighted by Crippen LogP contribution is -2.25. The fourth-order valence-corrected chi connectivity index (χ4v) is 2.91. The van der Waals surface area contributed by atoms with Gasteiger partial charge in [0.05, 0.1) is 5.52 Å². The molecule has 7 heteroatoms. The van der Waals surface area contributed by atoms with E-state index in [-0.39, 0.29) is 5.91 Å². The number of hydrogen-bond donors (Lipinski definition) is 3. The summed E-state index contributed by atoms with van der Waals surface area (Å²) in [6.45, 7) is 1.54. The van der Waals surface area contributed by atoms with Crippen molar-refractivity contribution in [3.63, 3.8) is 0 Å². The number of nitrogens with zero attached hydrogens (tertiary/aromatic N) is 2. The van der Waals surface area contributed by atoms with Gasteiger partial charge in [-0.05, 0) is 24.3 Å². The molecular formula is C16H14ClN5O. The maximum absolute atomic E-state index is 12.5. The Morgan fingerprint density at radius 1 is 1.26 bits per heavy atom. The lowest BCUT2D eigenvalue weighted by atomic mass is 10.1. The zero-order chi connectivity index (χ0) is 15.8. The Kier molecular flexibility index (Phi) is 3.48. The molecule has 3 aromatic rings. The SMILES string of the molecule is O=C(Nc1ccc2ccc(Cl)cc2n1)c1n[nH]c2c1CNCC2. The van der Waals surface area contributed by atoms with Crippen molar-refractivity contribution in [1.82, 2.24) is 20.5 Å². The summed E-state index contributed by atoms with van der Waals surface area (Å²) >= 11 is 5.99. The number of amides is 1. The highest BCUT2D eigenvalue weighted by Gasteiger charge is 2.21. The highest BCUT2D eigenvalue weighted by atomic mass is 35.5. The highest BCUT2D eigenvalue weighted by Crippen LogP contribution is 2.21. The van der Waals surface area contributed by atoms with Gasteiger partial charge in [0, 0.05) is 41.2 Å². The lowest BCUT2D eigenvalue weighted by molar-refractivity contribution is 0.102.